The molecule has 2 rings (SSSR count). The van der Waals surface area contributed by atoms with Gasteiger partial charge in [0.05, 0.1) is 18.6 Å². The van der Waals surface area contributed by atoms with Gasteiger partial charge in [-0.25, -0.2) is 0 Å². The number of likely N-dealkylation sites (tertiary alicyclic amines) is 1. The van der Waals surface area contributed by atoms with E-state index in [0.29, 0.717) is 19.2 Å². The van der Waals surface area contributed by atoms with E-state index >= 15 is 0 Å². The first kappa shape index (κ1) is 18.7. The molecule has 1 atom stereocenters. The molecule has 0 amide bonds. The van der Waals surface area contributed by atoms with Crippen LogP contribution in [0.2, 0.25) is 0 Å². The summed E-state index contributed by atoms with van der Waals surface area (Å²) in [6, 6.07) is 0.428. The van der Waals surface area contributed by atoms with Crippen molar-refractivity contribution in [2.45, 2.75) is 64.5 Å². The fraction of sp³-hybridized carbons (Fsp3) is 0.944. The Morgan fingerprint density at radius 1 is 1.22 bits per heavy atom. The Morgan fingerprint density at radius 3 is 2.48 bits per heavy atom. The van der Waals surface area contributed by atoms with Crippen LogP contribution in [0.5, 0.6) is 0 Å². The van der Waals surface area contributed by atoms with Crippen LogP contribution >= 0.6 is 0 Å². The van der Waals surface area contributed by atoms with Crippen molar-refractivity contribution in [1.29, 1.82) is 0 Å². The van der Waals surface area contributed by atoms with Crippen molar-refractivity contribution in [1.82, 2.24) is 10.2 Å². The summed E-state index contributed by atoms with van der Waals surface area (Å²) in [5.74, 6) is 0.870. The number of piperidine rings is 1. The highest BCUT2D eigenvalue weighted by molar-refractivity contribution is 5.72. The van der Waals surface area contributed by atoms with Gasteiger partial charge in [-0.2, -0.15) is 0 Å². The lowest BCUT2D eigenvalue weighted by molar-refractivity contribution is -0.149. The zero-order valence-electron chi connectivity index (χ0n) is 14.8. The molecule has 134 valence electrons. The van der Waals surface area contributed by atoms with E-state index < -0.39 is 0 Å². The van der Waals surface area contributed by atoms with Crippen molar-refractivity contribution in [3.05, 3.63) is 0 Å². The number of aliphatic hydroxyl groups is 1. The molecule has 1 aliphatic carbocycles. The summed E-state index contributed by atoms with van der Waals surface area (Å²) in [6.45, 7) is 8.29. The fourth-order valence-corrected chi connectivity index (χ4v) is 3.70. The largest absolute Gasteiger partial charge is 0.466 e. The van der Waals surface area contributed by atoms with Crippen molar-refractivity contribution in [3.63, 3.8) is 0 Å². The third kappa shape index (κ3) is 6.40. The molecule has 2 N–H and O–H groups in total. The summed E-state index contributed by atoms with van der Waals surface area (Å²) >= 11 is 0. The second-order valence-electron chi connectivity index (χ2n) is 7.35. The SMILES string of the molecule is CCOC(=O)C1CCC(NCC(O)CN2CCC(C)CC2)CC1. The number of esters is 1. The Balaban J connectivity index is 1.58. The van der Waals surface area contributed by atoms with Gasteiger partial charge in [0.15, 0.2) is 0 Å². The average molecular weight is 326 g/mol. The predicted molar refractivity (Wildman–Crippen MR) is 91.2 cm³/mol. The Labute approximate surface area is 140 Å². The average Bonchev–Trinajstić information content (AvgIpc) is 2.56. The molecule has 5 heteroatoms. The highest BCUT2D eigenvalue weighted by Crippen LogP contribution is 2.25. The van der Waals surface area contributed by atoms with E-state index in [2.05, 4.69) is 17.1 Å². The van der Waals surface area contributed by atoms with Gasteiger partial charge in [-0.05, 0) is 64.5 Å². The van der Waals surface area contributed by atoms with Gasteiger partial charge in [-0.1, -0.05) is 6.92 Å². The number of ether oxygens (including phenoxy) is 1. The highest BCUT2D eigenvalue weighted by atomic mass is 16.5. The molecule has 23 heavy (non-hydrogen) atoms. The Bertz CT molecular complexity index is 348. The number of hydrogen-bond acceptors (Lipinski definition) is 5. The van der Waals surface area contributed by atoms with Crippen LogP contribution in [0.25, 0.3) is 0 Å². The Hall–Kier alpha value is -0.650. The number of nitrogens with zero attached hydrogens (tertiary/aromatic N) is 1. The van der Waals surface area contributed by atoms with Crippen molar-refractivity contribution in [3.8, 4) is 0 Å². The summed E-state index contributed by atoms with van der Waals surface area (Å²) in [4.78, 5) is 14.1. The second-order valence-corrected chi connectivity index (χ2v) is 7.35. The van der Waals surface area contributed by atoms with Gasteiger partial charge in [0.1, 0.15) is 0 Å². The first-order valence-corrected chi connectivity index (χ1v) is 9.39. The molecule has 0 bridgehead atoms. The third-order valence-electron chi connectivity index (χ3n) is 5.33. The van der Waals surface area contributed by atoms with Crippen LogP contribution in [0.4, 0.5) is 0 Å². The Morgan fingerprint density at radius 2 is 1.87 bits per heavy atom. The molecule has 0 spiro atoms. The molecule has 0 aromatic rings. The number of β-amino-alcohol motifs (C(OH)–C–C–N with tert-alkyl or cyclic N) is 1. The lowest BCUT2D eigenvalue weighted by Gasteiger charge is -2.33. The van der Waals surface area contributed by atoms with Crippen LogP contribution < -0.4 is 5.32 Å². The lowest BCUT2D eigenvalue weighted by atomic mass is 9.86. The molecule has 1 unspecified atom stereocenters. The number of hydrogen-bond donors (Lipinski definition) is 2. The van der Waals surface area contributed by atoms with Crippen molar-refractivity contribution in [2.24, 2.45) is 11.8 Å². The number of nitrogens with one attached hydrogen (secondary N) is 1. The first-order chi connectivity index (χ1) is 11.1. The number of rotatable bonds is 7. The van der Waals surface area contributed by atoms with Crippen molar-refractivity contribution < 1.29 is 14.6 Å². The summed E-state index contributed by atoms with van der Waals surface area (Å²) in [6.07, 6.45) is 5.99. The number of carbonyl (C=O) groups excluding carboxylic acids is 1. The minimum absolute atomic E-state index is 0.0367. The van der Waals surface area contributed by atoms with Crippen LogP contribution in [0.1, 0.15) is 52.4 Å². The van der Waals surface area contributed by atoms with Crippen molar-refractivity contribution in [2.75, 3.05) is 32.8 Å². The molecule has 2 aliphatic rings. The monoisotopic (exact) mass is 326 g/mol. The topological polar surface area (TPSA) is 61.8 Å². The minimum atomic E-state index is -0.300. The molecule has 1 saturated heterocycles. The van der Waals surface area contributed by atoms with Gasteiger partial charge in [0.25, 0.3) is 0 Å². The fourth-order valence-electron chi connectivity index (χ4n) is 3.70. The molecule has 0 aromatic heterocycles. The molecule has 5 nitrogen and oxygen atoms in total. The van der Waals surface area contributed by atoms with Crippen LogP contribution in [-0.2, 0) is 9.53 Å². The van der Waals surface area contributed by atoms with E-state index in [-0.39, 0.29) is 18.0 Å². The molecule has 2 fully saturated rings. The zero-order chi connectivity index (χ0) is 16.7. The smallest absolute Gasteiger partial charge is 0.308 e. The maximum absolute atomic E-state index is 11.7. The molecular weight excluding hydrogens is 292 g/mol. The predicted octanol–water partition coefficient (Wildman–Crippen LogP) is 1.79. The molecule has 1 aliphatic heterocycles. The first-order valence-electron chi connectivity index (χ1n) is 9.39. The summed E-state index contributed by atoms with van der Waals surface area (Å²) in [5.41, 5.74) is 0. The molecule has 1 heterocycles. The van der Waals surface area contributed by atoms with Crippen LogP contribution in [-0.4, -0.2) is 60.9 Å². The quantitative estimate of drug-likeness (QED) is 0.699. The van der Waals surface area contributed by atoms with Gasteiger partial charge >= 0.3 is 5.97 Å². The van der Waals surface area contributed by atoms with Crippen LogP contribution in [0.15, 0.2) is 0 Å². The lowest BCUT2D eigenvalue weighted by Crippen LogP contribution is -2.44. The number of carbonyl (C=O) groups is 1. The molecule has 1 saturated carbocycles. The van der Waals surface area contributed by atoms with E-state index in [1.807, 2.05) is 6.92 Å². The summed E-state index contributed by atoms with van der Waals surface area (Å²) < 4.78 is 5.10. The summed E-state index contributed by atoms with van der Waals surface area (Å²) in [7, 11) is 0. The van der Waals surface area contributed by atoms with Gasteiger partial charge in [-0.3, -0.25) is 4.79 Å². The second kappa shape index (κ2) is 9.60. The van der Waals surface area contributed by atoms with E-state index in [9.17, 15) is 9.90 Å². The molecule has 0 radical (unpaired) electrons. The number of aliphatic hydroxyl groups excluding tert-OH is 1. The summed E-state index contributed by atoms with van der Waals surface area (Å²) in [5, 5.41) is 13.7. The minimum Gasteiger partial charge on any atom is -0.466 e. The normalized spacial score (nSPS) is 28.5. The third-order valence-corrected chi connectivity index (χ3v) is 5.33. The van der Waals surface area contributed by atoms with Gasteiger partial charge in [0, 0.05) is 19.1 Å². The van der Waals surface area contributed by atoms with E-state index in [0.717, 1.165) is 51.2 Å². The standard InChI is InChI=1S/C18H34N2O3/c1-3-23-18(22)15-4-6-16(7-5-15)19-12-17(21)13-20-10-8-14(2)9-11-20/h14-17,19,21H,3-13H2,1-2H3. The van der Waals surface area contributed by atoms with Gasteiger partial charge in [-0.15, -0.1) is 0 Å². The van der Waals surface area contributed by atoms with Crippen molar-refractivity contribution >= 4 is 5.97 Å². The molecular formula is C18H34N2O3. The highest BCUT2D eigenvalue weighted by Gasteiger charge is 2.27. The van der Waals surface area contributed by atoms with E-state index in [1.165, 1.54) is 12.8 Å². The van der Waals surface area contributed by atoms with Gasteiger partial charge in [0.2, 0.25) is 0 Å². The molecule has 0 aromatic carbocycles. The Kier molecular flexibility index (Phi) is 7.80. The van der Waals surface area contributed by atoms with Crippen LogP contribution in [0, 0.1) is 11.8 Å². The van der Waals surface area contributed by atoms with E-state index in [4.69, 9.17) is 4.74 Å². The maximum atomic E-state index is 11.7. The zero-order valence-corrected chi connectivity index (χ0v) is 14.8. The maximum Gasteiger partial charge on any atom is 0.308 e. The van der Waals surface area contributed by atoms with Crippen LogP contribution in [0.3, 0.4) is 0 Å². The van der Waals surface area contributed by atoms with Gasteiger partial charge < -0.3 is 20.1 Å². The van der Waals surface area contributed by atoms with E-state index in [1.54, 1.807) is 0 Å².